The number of fused-ring (bicyclic) bond motifs is 1. The first kappa shape index (κ1) is 17.4. The van der Waals surface area contributed by atoms with Crippen LogP contribution in [0, 0.1) is 6.92 Å². The smallest absolute Gasteiger partial charge is 0.270 e. The number of benzene rings is 1. The van der Waals surface area contributed by atoms with Crippen molar-refractivity contribution in [3.8, 4) is 0 Å². The van der Waals surface area contributed by atoms with Gasteiger partial charge < -0.3 is 15.0 Å². The molecule has 1 N–H and O–H groups in total. The molecule has 1 aromatic carbocycles. The number of carbonyl (C=O) groups excluding carboxylic acids is 1. The maximum Gasteiger partial charge on any atom is 0.270 e. The van der Waals surface area contributed by atoms with E-state index in [2.05, 4.69) is 39.2 Å². The number of nitrogens with zero attached hydrogens (tertiary/aromatic N) is 3. The molecule has 1 amide bonds. The fourth-order valence-corrected chi connectivity index (χ4v) is 3.16. The third-order valence-corrected chi connectivity index (χ3v) is 4.31. The lowest BCUT2D eigenvalue weighted by molar-refractivity contribution is 0.0943. The van der Waals surface area contributed by atoms with Gasteiger partial charge in [0.05, 0.1) is 0 Å². The van der Waals surface area contributed by atoms with Crippen molar-refractivity contribution in [3.05, 3.63) is 47.3 Å². The summed E-state index contributed by atoms with van der Waals surface area (Å²) in [6, 6.07) is 10.3. The molecule has 0 fully saturated rings. The van der Waals surface area contributed by atoms with Gasteiger partial charge in [-0.2, -0.15) is 0 Å². The van der Waals surface area contributed by atoms with Crippen LogP contribution in [0.15, 0.2) is 30.3 Å². The summed E-state index contributed by atoms with van der Waals surface area (Å²) < 4.78 is 5.00. The third-order valence-electron chi connectivity index (χ3n) is 4.31. The average Bonchev–Trinajstić information content (AvgIpc) is 2.93. The first-order valence-electron chi connectivity index (χ1n) is 8.60. The fourth-order valence-electron chi connectivity index (χ4n) is 3.16. The van der Waals surface area contributed by atoms with Gasteiger partial charge in [0.15, 0.2) is 0 Å². The Morgan fingerprint density at radius 3 is 2.96 bits per heavy atom. The van der Waals surface area contributed by atoms with Crippen molar-refractivity contribution < 1.29 is 9.53 Å². The van der Waals surface area contributed by atoms with Crippen LogP contribution in [0.5, 0.6) is 0 Å². The molecule has 0 bridgehead atoms. The number of aromatic nitrogens is 2. The number of ether oxygens (including phenoxy) is 1. The number of rotatable bonds is 6. The number of nitrogens with one attached hydrogen (secondary N) is 1. The van der Waals surface area contributed by atoms with Gasteiger partial charge in [-0.3, -0.25) is 4.79 Å². The topological polar surface area (TPSA) is 67.3 Å². The Morgan fingerprint density at radius 1 is 1.36 bits per heavy atom. The van der Waals surface area contributed by atoms with Gasteiger partial charge in [-0.05, 0) is 44.4 Å². The normalized spacial score (nSPS) is 16.0. The zero-order chi connectivity index (χ0) is 17.8. The lowest BCUT2D eigenvalue weighted by atomic mass is 10.1. The lowest BCUT2D eigenvalue weighted by Gasteiger charge is -2.23. The zero-order valence-electron chi connectivity index (χ0n) is 15.0. The van der Waals surface area contributed by atoms with Crippen molar-refractivity contribution >= 4 is 17.5 Å². The molecule has 132 valence electrons. The molecular formula is C19H24N4O2. The van der Waals surface area contributed by atoms with Gasteiger partial charge in [-0.15, -0.1) is 0 Å². The quantitative estimate of drug-likeness (QED) is 0.819. The second-order valence-corrected chi connectivity index (χ2v) is 6.35. The fraction of sp³-hybridized carbons (Fsp3) is 0.421. The first-order valence-corrected chi connectivity index (χ1v) is 8.60. The Morgan fingerprint density at radius 2 is 2.16 bits per heavy atom. The van der Waals surface area contributed by atoms with E-state index in [9.17, 15) is 4.79 Å². The minimum Gasteiger partial charge on any atom is -0.385 e. The van der Waals surface area contributed by atoms with Crippen LogP contribution in [-0.4, -0.2) is 42.2 Å². The van der Waals surface area contributed by atoms with Crippen molar-refractivity contribution in [2.45, 2.75) is 32.7 Å². The van der Waals surface area contributed by atoms with Gasteiger partial charge in [-0.25, -0.2) is 9.97 Å². The molecule has 0 radical (unpaired) electrons. The average molecular weight is 340 g/mol. The summed E-state index contributed by atoms with van der Waals surface area (Å²) in [5.74, 6) is 0.405. The van der Waals surface area contributed by atoms with E-state index < -0.39 is 0 Å². The van der Waals surface area contributed by atoms with Crippen LogP contribution in [0.2, 0.25) is 0 Å². The summed E-state index contributed by atoms with van der Waals surface area (Å²) >= 11 is 0. The summed E-state index contributed by atoms with van der Waals surface area (Å²) in [4.78, 5) is 23.6. The highest BCUT2D eigenvalue weighted by Gasteiger charge is 2.29. The first-order chi connectivity index (χ1) is 12.1. The number of carbonyl (C=O) groups is 1. The number of hydrogen-bond acceptors (Lipinski definition) is 5. The Hall–Kier alpha value is -2.47. The highest BCUT2D eigenvalue weighted by Crippen LogP contribution is 2.36. The second kappa shape index (κ2) is 7.61. The Balaban J connectivity index is 1.84. The van der Waals surface area contributed by atoms with Crippen LogP contribution in [0.25, 0.3) is 0 Å². The monoisotopic (exact) mass is 340 g/mol. The van der Waals surface area contributed by atoms with Gasteiger partial charge in [0.2, 0.25) is 5.95 Å². The molecule has 0 aliphatic carbocycles. The summed E-state index contributed by atoms with van der Waals surface area (Å²) in [6.07, 6.45) is 1.72. The maximum atomic E-state index is 12.4. The van der Waals surface area contributed by atoms with E-state index in [1.807, 2.05) is 19.1 Å². The Kier molecular flexibility index (Phi) is 5.28. The molecule has 25 heavy (non-hydrogen) atoms. The van der Waals surface area contributed by atoms with Crippen LogP contribution in [0.1, 0.15) is 35.1 Å². The predicted octanol–water partition coefficient (Wildman–Crippen LogP) is 2.63. The minimum absolute atomic E-state index is 0.178. The summed E-state index contributed by atoms with van der Waals surface area (Å²) in [6.45, 7) is 5.22. The summed E-state index contributed by atoms with van der Waals surface area (Å²) in [5, 5.41) is 2.88. The van der Waals surface area contributed by atoms with Crippen molar-refractivity contribution in [1.82, 2.24) is 15.3 Å². The molecule has 2 aromatic rings. The highest BCUT2D eigenvalue weighted by molar-refractivity contribution is 5.92. The standard InChI is InChI=1S/C19H24N4O2/c1-13-11-16(18(24)20-9-6-10-25-3)22-19(21-13)23-14(2)12-15-7-4-5-8-17(15)23/h4-5,7-8,11,14H,6,9-10,12H2,1-3H3,(H,20,24). The molecule has 0 spiro atoms. The number of aryl methyl sites for hydroxylation is 1. The van der Waals surface area contributed by atoms with E-state index in [4.69, 9.17) is 4.74 Å². The number of amides is 1. The zero-order valence-corrected chi connectivity index (χ0v) is 15.0. The molecule has 3 rings (SSSR count). The molecule has 1 atom stereocenters. The Labute approximate surface area is 148 Å². The second-order valence-electron chi connectivity index (χ2n) is 6.35. The van der Waals surface area contributed by atoms with Crippen molar-refractivity contribution in [2.75, 3.05) is 25.2 Å². The maximum absolute atomic E-state index is 12.4. The van der Waals surface area contributed by atoms with Crippen molar-refractivity contribution in [1.29, 1.82) is 0 Å². The lowest BCUT2D eigenvalue weighted by Crippen LogP contribution is -2.29. The van der Waals surface area contributed by atoms with E-state index in [1.165, 1.54) is 5.56 Å². The molecule has 2 heterocycles. The van der Waals surface area contributed by atoms with Crippen LogP contribution in [0.4, 0.5) is 11.6 Å². The molecule has 1 aliphatic heterocycles. The van der Waals surface area contributed by atoms with Gasteiger partial charge in [0.1, 0.15) is 5.69 Å². The highest BCUT2D eigenvalue weighted by atomic mass is 16.5. The van der Waals surface area contributed by atoms with Crippen LogP contribution >= 0.6 is 0 Å². The van der Waals surface area contributed by atoms with E-state index in [-0.39, 0.29) is 11.9 Å². The number of hydrogen-bond donors (Lipinski definition) is 1. The summed E-state index contributed by atoms with van der Waals surface area (Å²) in [5.41, 5.74) is 3.58. The molecule has 1 aliphatic rings. The van der Waals surface area contributed by atoms with E-state index >= 15 is 0 Å². The number of methoxy groups -OCH3 is 1. The Bertz CT molecular complexity index is 763. The molecule has 6 nitrogen and oxygen atoms in total. The molecule has 6 heteroatoms. The predicted molar refractivity (Wildman–Crippen MR) is 97.3 cm³/mol. The number of para-hydroxylation sites is 1. The summed E-state index contributed by atoms with van der Waals surface area (Å²) in [7, 11) is 1.65. The number of anilines is 2. The van der Waals surface area contributed by atoms with Gasteiger partial charge >= 0.3 is 0 Å². The van der Waals surface area contributed by atoms with Crippen molar-refractivity contribution in [3.63, 3.8) is 0 Å². The van der Waals surface area contributed by atoms with E-state index in [0.29, 0.717) is 24.8 Å². The van der Waals surface area contributed by atoms with Gasteiger partial charge in [0.25, 0.3) is 5.91 Å². The van der Waals surface area contributed by atoms with Crippen molar-refractivity contribution in [2.24, 2.45) is 0 Å². The molecule has 0 saturated carbocycles. The van der Waals surface area contributed by atoms with Crippen LogP contribution in [-0.2, 0) is 11.2 Å². The minimum atomic E-state index is -0.178. The SMILES string of the molecule is COCCCNC(=O)c1cc(C)nc(N2c3ccccc3CC2C)n1. The van der Waals surface area contributed by atoms with E-state index in [0.717, 1.165) is 24.2 Å². The third kappa shape index (κ3) is 3.79. The van der Waals surface area contributed by atoms with Crippen LogP contribution in [0.3, 0.4) is 0 Å². The molecule has 1 unspecified atom stereocenters. The van der Waals surface area contributed by atoms with Gasteiger partial charge in [0, 0.05) is 37.7 Å². The van der Waals surface area contributed by atoms with Gasteiger partial charge in [-0.1, -0.05) is 18.2 Å². The molecular weight excluding hydrogens is 316 g/mol. The van der Waals surface area contributed by atoms with E-state index in [1.54, 1.807) is 13.2 Å². The molecule has 1 aromatic heterocycles. The van der Waals surface area contributed by atoms with Crippen LogP contribution < -0.4 is 10.2 Å². The largest absolute Gasteiger partial charge is 0.385 e. The molecule has 0 saturated heterocycles.